The van der Waals surface area contributed by atoms with Crippen molar-refractivity contribution in [1.82, 2.24) is 0 Å². The van der Waals surface area contributed by atoms with E-state index in [0.717, 1.165) is 12.8 Å². The van der Waals surface area contributed by atoms with Gasteiger partial charge in [-0.2, -0.15) is 0 Å². The van der Waals surface area contributed by atoms with E-state index >= 15 is 0 Å². The van der Waals surface area contributed by atoms with Crippen LogP contribution in [0.1, 0.15) is 58.3 Å². The van der Waals surface area contributed by atoms with Crippen LogP contribution in [0.2, 0.25) is 0 Å². The third-order valence-corrected chi connectivity index (χ3v) is 3.06. The molecule has 0 radical (unpaired) electrons. The summed E-state index contributed by atoms with van der Waals surface area (Å²) in [6, 6.07) is 0. The fourth-order valence-corrected chi connectivity index (χ4v) is 1.99. The number of Topliss-reactive ketones (excluding diaryl/α,β-unsaturated/α-hetero) is 2. The zero-order valence-corrected chi connectivity index (χ0v) is 10.7. The molecule has 0 saturated carbocycles. The monoisotopic (exact) mass is 234 g/mol. The Morgan fingerprint density at radius 3 is 2.59 bits per heavy atom. The van der Waals surface area contributed by atoms with Gasteiger partial charge in [-0.3, -0.25) is 9.59 Å². The van der Waals surface area contributed by atoms with E-state index in [1.54, 1.807) is 18.2 Å². The van der Waals surface area contributed by atoms with Gasteiger partial charge in [-0.15, -0.1) is 0 Å². The maximum absolute atomic E-state index is 11.8. The van der Waals surface area contributed by atoms with E-state index in [1.165, 1.54) is 25.7 Å². The Bertz CT molecular complexity index is 324. The standard InChI is InChI=1S/C15H22O2/c1-2-3-4-5-6-7-11-14(16)13-10-8-9-12-15(13)17/h8-10H,2-7,11-12H2,1H3. The van der Waals surface area contributed by atoms with Crippen molar-refractivity contribution in [3.63, 3.8) is 0 Å². The normalized spacial score (nSPS) is 14.9. The zero-order valence-electron chi connectivity index (χ0n) is 10.7. The summed E-state index contributed by atoms with van der Waals surface area (Å²) in [7, 11) is 0. The van der Waals surface area contributed by atoms with E-state index in [9.17, 15) is 9.59 Å². The highest BCUT2D eigenvalue weighted by Gasteiger charge is 2.17. The van der Waals surface area contributed by atoms with Gasteiger partial charge in [-0.25, -0.2) is 0 Å². The number of rotatable bonds is 8. The van der Waals surface area contributed by atoms with Gasteiger partial charge in [0.15, 0.2) is 11.6 Å². The van der Waals surface area contributed by atoms with E-state index in [1.807, 2.05) is 0 Å². The van der Waals surface area contributed by atoms with Crippen LogP contribution >= 0.6 is 0 Å². The van der Waals surface area contributed by atoms with Gasteiger partial charge < -0.3 is 0 Å². The van der Waals surface area contributed by atoms with Crippen molar-refractivity contribution in [1.29, 1.82) is 0 Å². The molecule has 0 bridgehead atoms. The molecule has 0 aromatic rings. The van der Waals surface area contributed by atoms with E-state index in [0.29, 0.717) is 18.4 Å². The second-order valence-corrected chi connectivity index (χ2v) is 4.58. The van der Waals surface area contributed by atoms with Gasteiger partial charge in [0.25, 0.3) is 0 Å². The lowest BCUT2D eigenvalue weighted by atomic mass is 9.96. The molecule has 0 amide bonds. The van der Waals surface area contributed by atoms with Crippen molar-refractivity contribution in [2.45, 2.75) is 58.3 Å². The highest BCUT2D eigenvalue weighted by molar-refractivity contribution is 6.21. The van der Waals surface area contributed by atoms with Gasteiger partial charge in [0, 0.05) is 12.8 Å². The summed E-state index contributed by atoms with van der Waals surface area (Å²) in [6.45, 7) is 2.19. The first-order chi connectivity index (χ1) is 8.25. The number of hydrogen-bond acceptors (Lipinski definition) is 2. The van der Waals surface area contributed by atoms with Crippen molar-refractivity contribution in [3.8, 4) is 0 Å². The Morgan fingerprint density at radius 1 is 1.18 bits per heavy atom. The molecular weight excluding hydrogens is 212 g/mol. The molecule has 0 saturated heterocycles. The van der Waals surface area contributed by atoms with Crippen LogP contribution in [0.25, 0.3) is 0 Å². The molecule has 2 nitrogen and oxygen atoms in total. The molecule has 0 aliphatic heterocycles. The minimum absolute atomic E-state index is 0.0230. The first kappa shape index (κ1) is 13.9. The summed E-state index contributed by atoms with van der Waals surface area (Å²) in [6.07, 6.45) is 13.2. The largest absolute Gasteiger partial charge is 0.294 e. The van der Waals surface area contributed by atoms with Crippen LogP contribution in [0.5, 0.6) is 0 Å². The third kappa shape index (κ3) is 5.12. The summed E-state index contributed by atoms with van der Waals surface area (Å²) in [5.41, 5.74) is 0.404. The van der Waals surface area contributed by atoms with Crippen molar-refractivity contribution in [2.75, 3.05) is 0 Å². The van der Waals surface area contributed by atoms with E-state index in [4.69, 9.17) is 0 Å². The van der Waals surface area contributed by atoms with Crippen LogP contribution in [-0.4, -0.2) is 11.6 Å². The molecule has 2 heteroatoms. The number of carbonyl (C=O) groups is 2. The highest BCUT2D eigenvalue weighted by Crippen LogP contribution is 2.14. The van der Waals surface area contributed by atoms with E-state index in [-0.39, 0.29) is 11.6 Å². The average molecular weight is 234 g/mol. The second kappa shape index (κ2) is 7.99. The zero-order chi connectivity index (χ0) is 12.5. The number of unbranched alkanes of at least 4 members (excludes halogenated alkanes) is 5. The van der Waals surface area contributed by atoms with Gasteiger partial charge in [0.05, 0.1) is 5.57 Å². The van der Waals surface area contributed by atoms with Crippen LogP contribution in [0, 0.1) is 0 Å². The summed E-state index contributed by atoms with van der Waals surface area (Å²) < 4.78 is 0. The van der Waals surface area contributed by atoms with Crippen LogP contribution in [-0.2, 0) is 9.59 Å². The quantitative estimate of drug-likeness (QED) is 0.473. The van der Waals surface area contributed by atoms with Gasteiger partial charge in [0.1, 0.15) is 0 Å². The summed E-state index contributed by atoms with van der Waals surface area (Å²) in [4.78, 5) is 23.2. The van der Waals surface area contributed by atoms with Crippen LogP contribution in [0.4, 0.5) is 0 Å². The van der Waals surface area contributed by atoms with Crippen molar-refractivity contribution in [2.24, 2.45) is 0 Å². The lowest BCUT2D eigenvalue weighted by molar-refractivity contribution is -0.121. The molecule has 0 fully saturated rings. The minimum atomic E-state index is -0.0246. The molecule has 0 unspecified atom stereocenters. The fraction of sp³-hybridized carbons (Fsp3) is 0.600. The Morgan fingerprint density at radius 2 is 1.88 bits per heavy atom. The smallest absolute Gasteiger partial charge is 0.170 e. The molecule has 1 aliphatic carbocycles. The first-order valence-corrected chi connectivity index (χ1v) is 6.69. The lowest BCUT2D eigenvalue weighted by Gasteiger charge is -2.06. The number of ketones is 2. The third-order valence-electron chi connectivity index (χ3n) is 3.06. The highest BCUT2D eigenvalue weighted by atomic mass is 16.1. The molecule has 1 rings (SSSR count). The van der Waals surface area contributed by atoms with E-state index < -0.39 is 0 Å². The maximum atomic E-state index is 11.8. The van der Waals surface area contributed by atoms with Gasteiger partial charge in [-0.05, 0) is 12.5 Å². The van der Waals surface area contributed by atoms with Crippen molar-refractivity contribution >= 4 is 11.6 Å². The lowest BCUT2D eigenvalue weighted by Crippen LogP contribution is -2.13. The maximum Gasteiger partial charge on any atom is 0.170 e. The minimum Gasteiger partial charge on any atom is -0.294 e. The van der Waals surface area contributed by atoms with E-state index in [2.05, 4.69) is 6.92 Å². The first-order valence-electron chi connectivity index (χ1n) is 6.69. The predicted octanol–water partition coefficient (Wildman–Crippen LogP) is 3.76. The summed E-state index contributed by atoms with van der Waals surface area (Å²) in [5, 5.41) is 0. The molecular formula is C15H22O2. The molecule has 0 aromatic carbocycles. The average Bonchev–Trinajstić information content (AvgIpc) is 2.34. The van der Waals surface area contributed by atoms with Gasteiger partial charge >= 0.3 is 0 Å². The summed E-state index contributed by atoms with van der Waals surface area (Å²) in [5.74, 6) is -0.00155. The SMILES string of the molecule is CCCCCCCCC(=O)C1=CC=CCC1=O. The van der Waals surface area contributed by atoms with Gasteiger partial charge in [-0.1, -0.05) is 51.2 Å². The van der Waals surface area contributed by atoms with Crippen molar-refractivity contribution < 1.29 is 9.59 Å². The molecule has 1 aliphatic rings. The molecule has 0 aromatic heterocycles. The number of carbonyl (C=O) groups excluding carboxylic acids is 2. The van der Waals surface area contributed by atoms with Crippen LogP contribution in [0.15, 0.2) is 23.8 Å². The molecule has 0 atom stereocenters. The molecule has 0 N–H and O–H groups in total. The number of allylic oxidation sites excluding steroid dienone is 4. The molecule has 0 heterocycles. The second-order valence-electron chi connectivity index (χ2n) is 4.58. The Hall–Kier alpha value is -1.18. The molecule has 17 heavy (non-hydrogen) atoms. The number of hydrogen-bond donors (Lipinski definition) is 0. The predicted molar refractivity (Wildman–Crippen MR) is 69.8 cm³/mol. The van der Waals surface area contributed by atoms with Crippen LogP contribution in [0.3, 0.4) is 0 Å². The summed E-state index contributed by atoms with van der Waals surface area (Å²) >= 11 is 0. The Balaban J connectivity index is 2.19. The Kier molecular flexibility index (Phi) is 6.53. The molecule has 94 valence electrons. The Labute approximate surface area is 104 Å². The fourth-order valence-electron chi connectivity index (χ4n) is 1.99. The topological polar surface area (TPSA) is 34.1 Å². The molecule has 0 spiro atoms. The van der Waals surface area contributed by atoms with Crippen LogP contribution < -0.4 is 0 Å². The van der Waals surface area contributed by atoms with Gasteiger partial charge in [0.2, 0.25) is 0 Å². The van der Waals surface area contributed by atoms with Crippen molar-refractivity contribution in [3.05, 3.63) is 23.8 Å².